The first-order valence-corrected chi connectivity index (χ1v) is 9.02. The Morgan fingerprint density at radius 3 is 2.80 bits per heavy atom. The van der Waals surface area contributed by atoms with Crippen LogP contribution in [0.25, 0.3) is 0 Å². The highest BCUT2D eigenvalue weighted by Crippen LogP contribution is 2.65. The first kappa shape index (κ1) is 15.0. The fourth-order valence-corrected chi connectivity index (χ4v) is 5.24. The van der Waals surface area contributed by atoms with E-state index in [0.717, 1.165) is 31.7 Å². The lowest BCUT2D eigenvalue weighted by Gasteiger charge is -2.42. The molecule has 0 bridgehead atoms. The van der Waals surface area contributed by atoms with E-state index in [0.29, 0.717) is 0 Å². The Bertz CT molecular complexity index is 860. The van der Waals surface area contributed by atoms with Crippen LogP contribution in [-0.4, -0.2) is 19.3 Å². The fraction of sp³-hybridized carbons (Fsp3) is 0.364. The van der Waals surface area contributed by atoms with Crippen molar-refractivity contribution in [1.29, 1.82) is 0 Å². The van der Waals surface area contributed by atoms with E-state index in [1.807, 2.05) is 0 Å². The first-order valence-electron chi connectivity index (χ1n) is 9.02. The Labute approximate surface area is 148 Å². The molecule has 5 rings (SSSR count). The smallest absolute Gasteiger partial charge is 0.139 e. The van der Waals surface area contributed by atoms with Crippen molar-refractivity contribution in [2.75, 3.05) is 18.6 Å². The topological polar surface area (TPSA) is 21.7 Å². The highest BCUT2D eigenvalue weighted by molar-refractivity contribution is 5.72. The van der Waals surface area contributed by atoms with Gasteiger partial charge in [0, 0.05) is 17.8 Å². The van der Waals surface area contributed by atoms with Gasteiger partial charge in [0.15, 0.2) is 0 Å². The molecule has 1 saturated heterocycles. The maximum absolute atomic E-state index is 6.52. The second-order valence-corrected chi connectivity index (χ2v) is 7.36. The summed E-state index contributed by atoms with van der Waals surface area (Å²) in [5.41, 5.74) is 4.93. The molecule has 2 heterocycles. The van der Waals surface area contributed by atoms with Gasteiger partial charge in [0.1, 0.15) is 11.4 Å². The van der Waals surface area contributed by atoms with Crippen LogP contribution in [0.3, 0.4) is 0 Å². The van der Waals surface area contributed by atoms with Gasteiger partial charge in [-0.25, -0.2) is 0 Å². The summed E-state index contributed by atoms with van der Waals surface area (Å²) in [5.74, 6) is 0.902. The third-order valence-electron chi connectivity index (χ3n) is 6.36. The predicted molar refractivity (Wildman–Crippen MR) is 99.0 cm³/mol. The molecule has 2 aromatic carbocycles. The molecule has 0 radical (unpaired) electrons. The van der Waals surface area contributed by atoms with Gasteiger partial charge in [0.25, 0.3) is 0 Å². The molecule has 0 N–H and O–H groups in total. The van der Waals surface area contributed by atoms with E-state index in [4.69, 9.17) is 9.47 Å². The Morgan fingerprint density at radius 2 is 2.00 bits per heavy atom. The molecule has 2 aliphatic heterocycles. The predicted octanol–water partition coefficient (Wildman–Crippen LogP) is 4.42. The van der Waals surface area contributed by atoms with E-state index in [1.165, 1.54) is 22.4 Å². The van der Waals surface area contributed by atoms with E-state index < -0.39 is 0 Å². The normalized spacial score (nSPS) is 29.2. The van der Waals surface area contributed by atoms with E-state index in [2.05, 4.69) is 66.4 Å². The molecule has 3 aliphatic rings. The van der Waals surface area contributed by atoms with Crippen LogP contribution in [0.1, 0.15) is 30.9 Å². The molecule has 1 aliphatic carbocycles. The molecule has 0 saturated carbocycles. The molecular formula is C22H23NO2. The lowest BCUT2D eigenvalue weighted by molar-refractivity contribution is 0.0116. The number of fused-ring (bicyclic) bond motifs is 1. The van der Waals surface area contributed by atoms with Gasteiger partial charge < -0.3 is 14.4 Å². The number of ether oxygens (including phenoxy) is 2. The third kappa shape index (κ3) is 1.74. The Balaban J connectivity index is 1.70. The van der Waals surface area contributed by atoms with Crippen molar-refractivity contribution in [3.8, 4) is 5.75 Å². The SMILES string of the molecule is COc1ccc2c(c1)C13OCCC1(CC=C3C)N2Cc1ccccc1. The van der Waals surface area contributed by atoms with Crippen LogP contribution >= 0.6 is 0 Å². The maximum Gasteiger partial charge on any atom is 0.139 e. The van der Waals surface area contributed by atoms with Crippen LogP contribution in [-0.2, 0) is 16.9 Å². The van der Waals surface area contributed by atoms with Crippen molar-refractivity contribution in [3.05, 3.63) is 71.3 Å². The lowest BCUT2D eigenvalue weighted by atomic mass is 9.77. The summed E-state index contributed by atoms with van der Waals surface area (Å²) in [5, 5.41) is 0. The molecule has 3 nitrogen and oxygen atoms in total. The second-order valence-electron chi connectivity index (χ2n) is 7.36. The molecule has 0 amide bonds. The second kappa shape index (κ2) is 5.12. The summed E-state index contributed by atoms with van der Waals surface area (Å²) in [6.45, 7) is 3.95. The van der Waals surface area contributed by atoms with Gasteiger partial charge in [-0.3, -0.25) is 0 Å². The number of nitrogens with zero attached hydrogens (tertiary/aromatic N) is 1. The van der Waals surface area contributed by atoms with Crippen LogP contribution in [0.5, 0.6) is 5.75 Å². The minimum Gasteiger partial charge on any atom is -0.497 e. The number of hydrogen-bond donors (Lipinski definition) is 0. The van der Waals surface area contributed by atoms with Gasteiger partial charge in [-0.2, -0.15) is 0 Å². The Morgan fingerprint density at radius 1 is 1.16 bits per heavy atom. The van der Waals surface area contributed by atoms with E-state index in [9.17, 15) is 0 Å². The zero-order valence-corrected chi connectivity index (χ0v) is 14.8. The number of hydrogen-bond acceptors (Lipinski definition) is 3. The van der Waals surface area contributed by atoms with E-state index >= 15 is 0 Å². The largest absolute Gasteiger partial charge is 0.497 e. The van der Waals surface area contributed by atoms with Crippen molar-refractivity contribution >= 4 is 5.69 Å². The first-order chi connectivity index (χ1) is 12.2. The summed E-state index contributed by atoms with van der Waals surface area (Å²) >= 11 is 0. The summed E-state index contributed by atoms with van der Waals surface area (Å²) < 4.78 is 12.0. The van der Waals surface area contributed by atoms with Gasteiger partial charge in [0.2, 0.25) is 0 Å². The fourth-order valence-electron chi connectivity index (χ4n) is 5.24. The van der Waals surface area contributed by atoms with Gasteiger partial charge in [-0.15, -0.1) is 0 Å². The summed E-state index contributed by atoms with van der Waals surface area (Å²) in [4.78, 5) is 2.59. The molecule has 2 unspecified atom stereocenters. The van der Waals surface area contributed by atoms with Crippen molar-refractivity contribution in [1.82, 2.24) is 0 Å². The number of methoxy groups -OCH3 is 1. The molecule has 3 heteroatoms. The minimum absolute atomic E-state index is 0.00161. The highest BCUT2D eigenvalue weighted by atomic mass is 16.5. The third-order valence-corrected chi connectivity index (χ3v) is 6.36. The van der Waals surface area contributed by atoms with Gasteiger partial charge >= 0.3 is 0 Å². The summed E-state index contributed by atoms with van der Waals surface area (Å²) in [7, 11) is 1.73. The Hall–Kier alpha value is -2.26. The maximum atomic E-state index is 6.52. The Kier molecular flexibility index (Phi) is 3.08. The number of rotatable bonds is 3. The molecule has 128 valence electrons. The monoisotopic (exact) mass is 333 g/mol. The van der Waals surface area contributed by atoms with Gasteiger partial charge in [-0.1, -0.05) is 36.4 Å². The molecule has 2 atom stereocenters. The van der Waals surface area contributed by atoms with Crippen molar-refractivity contribution in [3.63, 3.8) is 0 Å². The minimum atomic E-state index is -0.314. The lowest BCUT2D eigenvalue weighted by Crippen LogP contribution is -2.52. The van der Waals surface area contributed by atoms with Crippen LogP contribution in [0, 0.1) is 0 Å². The van der Waals surface area contributed by atoms with Crippen LogP contribution in [0.4, 0.5) is 5.69 Å². The quantitative estimate of drug-likeness (QED) is 0.776. The van der Waals surface area contributed by atoms with Crippen LogP contribution in [0.15, 0.2) is 60.2 Å². The van der Waals surface area contributed by atoms with Crippen molar-refractivity contribution < 1.29 is 9.47 Å². The van der Waals surface area contributed by atoms with Crippen LogP contribution in [0.2, 0.25) is 0 Å². The van der Waals surface area contributed by atoms with E-state index in [-0.39, 0.29) is 11.1 Å². The molecule has 0 aromatic heterocycles. The van der Waals surface area contributed by atoms with Crippen molar-refractivity contribution in [2.24, 2.45) is 0 Å². The van der Waals surface area contributed by atoms with Crippen molar-refractivity contribution in [2.45, 2.75) is 37.5 Å². The average Bonchev–Trinajstić information content (AvgIpc) is 3.23. The standard InChI is InChI=1S/C22H23NO2/c1-16-10-11-21-12-13-25-22(16,21)19-14-18(24-2)8-9-20(19)23(21)15-17-6-4-3-5-7-17/h3-10,14H,11-13,15H2,1-2H3. The number of benzene rings is 2. The highest BCUT2D eigenvalue weighted by Gasteiger charge is 2.68. The summed E-state index contributed by atoms with van der Waals surface area (Å²) in [6.07, 6.45) is 4.48. The number of anilines is 1. The molecular weight excluding hydrogens is 310 g/mol. The van der Waals surface area contributed by atoms with Gasteiger partial charge in [0.05, 0.1) is 19.3 Å². The summed E-state index contributed by atoms with van der Waals surface area (Å²) in [6, 6.07) is 17.2. The molecule has 1 fully saturated rings. The zero-order chi connectivity index (χ0) is 17.1. The molecule has 2 aromatic rings. The zero-order valence-electron chi connectivity index (χ0n) is 14.8. The molecule has 25 heavy (non-hydrogen) atoms. The molecule has 0 spiro atoms. The van der Waals surface area contributed by atoms with Crippen LogP contribution < -0.4 is 9.64 Å². The average molecular weight is 333 g/mol. The van der Waals surface area contributed by atoms with Gasteiger partial charge in [-0.05, 0) is 49.1 Å². The van der Waals surface area contributed by atoms with E-state index in [1.54, 1.807) is 7.11 Å².